The molecule has 0 unspecified atom stereocenters. The summed E-state index contributed by atoms with van der Waals surface area (Å²) in [6.45, 7) is 0. The molecule has 0 amide bonds. The van der Waals surface area contributed by atoms with Crippen LogP contribution >= 0.6 is 0 Å². The maximum atomic E-state index is 6.35. The first-order valence-electron chi connectivity index (χ1n) is 18.5. The number of anilines is 3. The summed E-state index contributed by atoms with van der Waals surface area (Å²) in [5, 5.41) is 12.3. The predicted octanol–water partition coefficient (Wildman–Crippen LogP) is 15.0. The van der Waals surface area contributed by atoms with Crippen LogP contribution in [0, 0.1) is 0 Å². The summed E-state index contributed by atoms with van der Waals surface area (Å²) in [5.74, 6) is 0. The van der Waals surface area contributed by atoms with Crippen LogP contribution < -0.4 is 4.90 Å². The molecule has 0 aliphatic carbocycles. The first kappa shape index (κ1) is 30.5. The zero-order valence-electron chi connectivity index (χ0n) is 29.4. The van der Waals surface area contributed by atoms with E-state index in [0.29, 0.717) is 0 Å². The third-order valence-corrected chi connectivity index (χ3v) is 11.0. The van der Waals surface area contributed by atoms with Crippen molar-refractivity contribution in [2.24, 2.45) is 0 Å². The van der Waals surface area contributed by atoms with Crippen molar-refractivity contribution in [3.63, 3.8) is 0 Å². The number of fused-ring (bicyclic) bond motifs is 11. The SMILES string of the molecule is c1ccc(-c2ccc(N(c3ccc(-c4ccc5c6ccccc6c6c(ccc7oc8ccccc8c76)c5c4)cc3)c3cccc4ccccc34)cc2)cc1. The third-order valence-electron chi connectivity index (χ3n) is 11.0. The molecule has 0 saturated carbocycles. The van der Waals surface area contributed by atoms with Crippen molar-refractivity contribution in [3.8, 4) is 22.3 Å². The molecule has 0 bridgehead atoms. The lowest BCUT2D eigenvalue weighted by Gasteiger charge is -2.27. The highest BCUT2D eigenvalue weighted by molar-refractivity contribution is 6.34. The van der Waals surface area contributed by atoms with E-state index in [1.54, 1.807) is 0 Å². The molecule has 2 heteroatoms. The molecule has 54 heavy (non-hydrogen) atoms. The monoisotopic (exact) mass is 687 g/mol. The molecule has 1 heterocycles. The first-order valence-corrected chi connectivity index (χ1v) is 18.5. The number of benzene rings is 10. The van der Waals surface area contributed by atoms with Gasteiger partial charge in [-0.2, -0.15) is 0 Å². The molecule has 11 aromatic rings. The van der Waals surface area contributed by atoms with Gasteiger partial charge in [-0.3, -0.25) is 0 Å². The summed E-state index contributed by atoms with van der Waals surface area (Å²) in [5.41, 5.74) is 9.98. The van der Waals surface area contributed by atoms with Gasteiger partial charge in [-0.05, 0) is 109 Å². The van der Waals surface area contributed by atoms with Crippen LogP contribution in [0.3, 0.4) is 0 Å². The van der Waals surface area contributed by atoms with Crippen molar-refractivity contribution in [2.75, 3.05) is 4.90 Å². The largest absolute Gasteiger partial charge is 0.456 e. The Morgan fingerprint density at radius 3 is 1.61 bits per heavy atom. The Kier molecular flexibility index (Phi) is 6.90. The van der Waals surface area contributed by atoms with E-state index in [-0.39, 0.29) is 0 Å². The number of nitrogens with zero attached hydrogens (tertiary/aromatic N) is 1. The van der Waals surface area contributed by atoms with E-state index in [9.17, 15) is 0 Å². The van der Waals surface area contributed by atoms with E-state index < -0.39 is 0 Å². The number of hydrogen-bond acceptors (Lipinski definition) is 2. The van der Waals surface area contributed by atoms with E-state index in [0.717, 1.165) is 33.6 Å². The van der Waals surface area contributed by atoms with Gasteiger partial charge in [-0.25, -0.2) is 0 Å². The topological polar surface area (TPSA) is 16.4 Å². The van der Waals surface area contributed by atoms with Crippen LogP contribution in [0.1, 0.15) is 0 Å². The second-order valence-electron chi connectivity index (χ2n) is 14.1. The molecule has 0 N–H and O–H groups in total. The summed E-state index contributed by atoms with van der Waals surface area (Å²) >= 11 is 0. The lowest BCUT2D eigenvalue weighted by atomic mass is 9.90. The number of furan rings is 1. The highest BCUT2D eigenvalue weighted by Gasteiger charge is 2.18. The Morgan fingerprint density at radius 2 is 0.833 bits per heavy atom. The maximum Gasteiger partial charge on any atom is 0.136 e. The molecule has 252 valence electrons. The van der Waals surface area contributed by atoms with Gasteiger partial charge in [0.1, 0.15) is 11.2 Å². The number of para-hydroxylation sites is 1. The van der Waals surface area contributed by atoms with Gasteiger partial charge in [0.05, 0.1) is 5.69 Å². The minimum Gasteiger partial charge on any atom is -0.456 e. The van der Waals surface area contributed by atoms with Crippen LogP contribution in [0.15, 0.2) is 205 Å². The Labute approximate surface area is 312 Å². The lowest BCUT2D eigenvalue weighted by Crippen LogP contribution is -2.10. The molecule has 0 aliphatic heterocycles. The van der Waals surface area contributed by atoms with Crippen LogP contribution in [0.4, 0.5) is 17.1 Å². The van der Waals surface area contributed by atoms with Crippen molar-refractivity contribution in [3.05, 3.63) is 200 Å². The van der Waals surface area contributed by atoms with Gasteiger partial charge in [0.25, 0.3) is 0 Å². The molecule has 10 aromatic carbocycles. The van der Waals surface area contributed by atoms with Gasteiger partial charge < -0.3 is 9.32 Å². The molecule has 0 fully saturated rings. The van der Waals surface area contributed by atoms with Gasteiger partial charge in [0, 0.05) is 32.9 Å². The molecule has 0 radical (unpaired) electrons. The second-order valence-corrected chi connectivity index (χ2v) is 14.1. The Hall–Kier alpha value is -7.16. The minimum atomic E-state index is 0.919. The second kappa shape index (κ2) is 12.2. The average Bonchev–Trinajstić information content (AvgIpc) is 3.63. The summed E-state index contributed by atoms with van der Waals surface area (Å²) in [6.07, 6.45) is 0. The van der Waals surface area contributed by atoms with E-state index in [2.05, 4.69) is 199 Å². The normalized spacial score (nSPS) is 11.7. The first-order chi connectivity index (χ1) is 26.8. The van der Waals surface area contributed by atoms with Gasteiger partial charge in [0.15, 0.2) is 0 Å². The quantitative estimate of drug-likeness (QED) is 0.168. The minimum absolute atomic E-state index is 0.919. The predicted molar refractivity (Wildman–Crippen MR) is 229 cm³/mol. The highest BCUT2D eigenvalue weighted by Crippen LogP contribution is 2.44. The average molecular weight is 688 g/mol. The fourth-order valence-corrected chi connectivity index (χ4v) is 8.51. The molecule has 0 spiro atoms. The maximum absolute atomic E-state index is 6.35. The van der Waals surface area contributed by atoms with E-state index >= 15 is 0 Å². The zero-order valence-corrected chi connectivity index (χ0v) is 29.4. The van der Waals surface area contributed by atoms with Crippen molar-refractivity contribution in [2.45, 2.75) is 0 Å². The summed E-state index contributed by atoms with van der Waals surface area (Å²) in [6, 6.07) is 72.2. The lowest BCUT2D eigenvalue weighted by molar-refractivity contribution is 0.669. The van der Waals surface area contributed by atoms with Crippen molar-refractivity contribution < 1.29 is 4.42 Å². The van der Waals surface area contributed by atoms with Gasteiger partial charge in [0.2, 0.25) is 0 Å². The summed E-state index contributed by atoms with van der Waals surface area (Å²) < 4.78 is 6.35. The number of rotatable bonds is 5. The summed E-state index contributed by atoms with van der Waals surface area (Å²) in [7, 11) is 0. The van der Waals surface area contributed by atoms with Crippen molar-refractivity contribution >= 4 is 82.1 Å². The molecule has 0 saturated heterocycles. The molecular weight excluding hydrogens is 655 g/mol. The Morgan fingerprint density at radius 1 is 0.296 bits per heavy atom. The van der Waals surface area contributed by atoms with E-state index in [1.165, 1.54) is 70.7 Å². The molecule has 1 aromatic heterocycles. The van der Waals surface area contributed by atoms with E-state index in [4.69, 9.17) is 4.42 Å². The Bertz CT molecular complexity index is 3190. The van der Waals surface area contributed by atoms with Gasteiger partial charge in [-0.15, -0.1) is 0 Å². The van der Waals surface area contributed by atoms with Crippen LogP contribution in [-0.2, 0) is 0 Å². The molecular formula is C52H33NO. The molecule has 0 atom stereocenters. The summed E-state index contributed by atoms with van der Waals surface area (Å²) in [4.78, 5) is 2.38. The van der Waals surface area contributed by atoms with Gasteiger partial charge >= 0.3 is 0 Å². The molecule has 0 aliphatic rings. The standard InChI is InChI=1S/C52H33NO/c1-2-11-34(12-3-1)35-21-26-39(27-22-35)53(48-19-10-14-37-13-4-5-15-41(37)48)40-28-23-36(24-29-40)38-25-30-43-42-16-6-7-17-44(42)51-45(47(43)33-38)31-32-50-52(51)46-18-8-9-20-49(46)54-50/h1-33H. The number of hydrogen-bond donors (Lipinski definition) is 0. The smallest absolute Gasteiger partial charge is 0.136 e. The fourth-order valence-electron chi connectivity index (χ4n) is 8.51. The van der Waals surface area contributed by atoms with Crippen molar-refractivity contribution in [1.82, 2.24) is 0 Å². The Balaban J connectivity index is 1.06. The van der Waals surface area contributed by atoms with Crippen LogP contribution in [0.2, 0.25) is 0 Å². The highest BCUT2D eigenvalue weighted by atomic mass is 16.3. The van der Waals surface area contributed by atoms with Crippen LogP contribution in [0.25, 0.3) is 87.3 Å². The van der Waals surface area contributed by atoms with Crippen LogP contribution in [-0.4, -0.2) is 0 Å². The van der Waals surface area contributed by atoms with Crippen molar-refractivity contribution in [1.29, 1.82) is 0 Å². The molecule has 2 nitrogen and oxygen atoms in total. The molecule has 11 rings (SSSR count). The third kappa shape index (κ3) is 4.81. The van der Waals surface area contributed by atoms with E-state index in [1.807, 2.05) is 6.07 Å². The van der Waals surface area contributed by atoms with Gasteiger partial charge in [-0.1, -0.05) is 146 Å². The van der Waals surface area contributed by atoms with Crippen LogP contribution in [0.5, 0.6) is 0 Å². The fraction of sp³-hybridized carbons (Fsp3) is 0. The zero-order chi connectivity index (χ0) is 35.6.